The maximum absolute atomic E-state index is 11.9. The van der Waals surface area contributed by atoms with Crippen molar-refractivity contribution in [2.75, 3.05) is 12.4 Å². The van der Waals surface area contributed by atoms with E-state index in [1.54, 1.807) is 29.5 Å². The summed E-state index contributed by atoms with van der Waals surface area (Å²) < 4.78 is 4.84. The molecule has 3 rings (SSSR count). The maximum atomic E-state index is 11.9. The third-order valence-electron chi connectivity index (χ3n) is 3.77. The molecule has 1 heterocycles. The fourth-order valence-electron chi connectivity index (χ4n) is 2.75. The van der Waals surface area contributed by atoms with Crippen LogP contribution in [-0.4, -0.2) is 13.1 Å². The van der Waals surface area contributed by atoms with E-state index in [9.17, 15) is 4.79 Å². The van der Waals surface area contributed by atoms with Crippen LogP contribution in [0.1, 0.15) is 39.7 Å². The van der Waals surface area contributed by atoms with Crippen LogP contribution >= 0.6 is 22.9 Å². The number of carbonyl (C=O) groups is 1. The Bertz CT molecular complexity index is 668. The van der Waals surface area contributed by atoms with Crippen molar-refractivity contribution in [1.29, 1.82) is 0 Å². The molecule has 1 aromatic heterocycles. The van der Waals surface area contributed by atoms with Gasteiger partial charge in [0.1, 0.15) is 0 Å². The zero-order valence-corrected chi connectivity index (χ0v) is 13.3. The number of benzene rings is 1. The SMILES string of the molecule is COC(=O)c1ccc(Cl)cc1NC1CCCc2sccc21. The lowest BCUT2D eigenvalue weighted by Crippen LogP contribution is -2.17. The highest BCUT2D eigenvalue weighted by atomic mass is 35.5. The average Bonchev–Trinajstić information content (AvgIpc) is 2.96. The van der Waals surface area contributed by atoms with Gasteiger partial charge >= 0.3 is 5.97 Å². The molecule has 1 aromatic carbocycles. The van der Waals surface area contributed by atoms with Gasteiger partial charge in [0.25, 0.3) is 0 Å². The van der Waals surface area contributed by atoms with Gasteiger partial charge in [-0.05, 0) is 54.5 Å². The summed E-state index contributed by atoms with van der Waals surface area (Å²) in [7, 11) is 1.39. The van der Waals surface area contributed by atoms with E-state index in [0.29, 0.717) is 10.6 Å². The number of rotatable bonds is 3. The van der Waals surface area contributed by atoms with Gasteiger partial charge in [-0.3, -0.25) is 0 Å². The summed E-state index contributed by atoms with van der Waals surface area (Å²) in [6, 6.07) is 7.58. The van der Waals surface area contributed by atoms with Gasteiger partial charge in [0.05, 0.1) is 24.4 Å². The number of methoxy groups -OCH3 is 1. The molecule has 0 fully saturated rings. The first-order valence-electron chi connectivity index (χ1n) is 6.89. The molecule has 21 heavy (non-hydrogen) atoms. The van der Waals surface area contributed by atoms with Gasteiger partial charge in [0, 0.05) is 9.90 Å². The Labute approximate surface area is 132 Å². The number of anilines is 1. The van der Waals surface area contributed by atoms with Gasteiger partial charge in [-0.25, -0.2) is 4.79 Å². The Morgan fingerprint density at radius 1 is 1.43 bits per heavy atom. The largest absolute Gasteiger partial charge is 0.465 e. The molecular formula is C16H16ClNO2S. The standard InChI is InChI=1S/C16H16ClNO2S/c1-20-16(19)12-6-5-10(17)9-14(12)18-13-3-2-4-15-11(13)7-8-21-15/h5-9,13,18H,2-4H2,1H3. The number of thiophene rings is 1. The van der Waals surface area contributed by atoms with Gasteiger partial charge < -0.3 is 10.1 Å². The third kappa shape index (κ3) is 2.92. The first-order chi connectivity index (χ1) is 10.2. The minimum absolute atomic E-state index is 0.224. The molecule has 110 valence electrons. The highest BCUT2D eigenvalue weighted by Gasteiger charge is 2.23. The number of nitrogens with one attached hydrogen (secondary N) is 1. The number of hydrogen-bond donors (Lipinski definition) is 1. The van der Waals surface area contributed by atoms with Crippen molar-refractivity contribution in [3.8, 4) is 0 Å². The molecule has 0 radical (unpaired) electrons. The molecule has 0 bridgehead atoms. The Morgan fingerprint density at radius 3 is 3.10 bits per heavy atom. The minimum atomic E-state index is -0.351. The highest BCUT2D eigenvalue weighted by Crippen LogP contribution is 2.36. The van der Waals surface area contributed by atoms with Crippen LogP contribution in [0.2, 0.25) is 5.02 Å². The maximum Gasteiger partial charge on any atom is 0.339 e. The van der Waals surface area contributed by atoms with E-state index in [1.807, 2.05) is 0 Å². The van der Waals surface area contributed by atoms with Crippen LogP contribution < -0.4 is 5.32 Å². The zero-order chi connectivity index (χ0) is 14.8. The second kappa shape index (κ2) is 6.08. The molecule has 1 atom stereocenters. The van der Waals surface area contributed by atoms with Crippen LogP contribution in [0, 0.1) is 0 Å². The first-order valence-corrected chi connectivity index (χ1v) is 8.15. The van der Waals surface area contributed by atoms with Gasteiger partial charge in [-0.2, -0.15) is 0 Å². The van der Waals surface area contributed by atoms with E-state index < -0.39 is 0 Å². The number of halogens is 1. The monoisotopic (exact) mass is 321 g/mol. The van der Waals surface area contributed by atoms with Gasteiger partial charge in [-0.1, -0.05) is 11.6 Å². The fraction of sp³-hybridized carbons (Fsp3) is 0.312. The minimum Gasteiger partial charge on any atom is -0.465 e. The predicted molar refractivity (Wildman–Crippen MR) is 86.4 cm³/mol. The van der Waals surface area contributed by atoms with E-state index in [1.165, 1.54) is 17.6 Å². The Balaban J connectivity index is 1.92. The second-order valence-electron chi connectivity index (χ2n) is 5.07. The fourth-order valence-corrected chi connectivity index (χ4v) is 3.91. The number of esters is 1. The summed E-state index contributed by atoms with van der Waals surface area (Å²) in [5.41, 5.74) is 2.59. The number of hydrogen-bond acceptors (Lipinski definition) is 4. The molecule has 1 aliphatic rings. The van der Waals surface area contributed by atoms with E-state index in [-0.39, 0.29) is 12.0 Å². The molecule has 1 aliphatic carbocycles. The summed E-state index contributed by atoms with van der Waals surface area (Å²) in [5, 5.41) is 6.20. The smallest absolute Gasteiger partial charge is 0.339 e. The normalized spacial score (nSPS) is 17.1. The van der Waals surface area contributed by atoms with E-state index in [0.717, 1.165) is 24.9 Å². The van der Waals surface area contributed by atoms with Crippen molar-refractivity contribution in [1.82, 2.24) is 0 Å². The van der Waals surface area contributed by atoms with Crippen molar-refractivity contribution in [3.05, 3.63) is 50.7 Å². The van der Waals surface area contributed by atoms with Crippen molar-refractivity contribution in [3.63, 3.8) is 0 Å². The quantitative estimate of drug-likeness (QED) is 0.834. The van der Waals surface area contributed by atoms with E-state index >= 15 is 0 Å². The van der Waals surface area contributed by atoms with Crippen molar-refractivity contribution in [2.45, 2.75) is 25.3 Å². The van der Waals surface area contributed by atoms with Gasteiger partial charge in [-0.15, -0.1) is 11.3 Å². The summed E-state index contributed by atoms with van der Waals surface area (Å²) in [5.74, 6) is -0.351. The molecule has 2 aromatic rings. The topological polar surface area (TPSA) is 38.3 Å². The molecule has 0 spiro atoms. The van der Waals surface area contributed by atoms with E-state index in [4.69, 9.17) is 16.3 Å². The highest BCUT2D eigenvalue weighted by molar-refractivity contribution is 7.10. The van der Waals surface area contributed by atoms with E-state index in [2.05, 4.69) is 16.8 Å². The predicted octanol–water partition coefficient (Wildman–Crippen LogP) is 4.68. The lowest BCUT2D eigenvalue weighted by molar-refractivity contribution is 0.0602. The van der Waals surface area contributed by atoms with Crippen LogP contribution in [0.25, 0.3) is 0 Å². The molecule has 1 N–H and O–H groups in total. The summed E-state index contributed by atoms with van der Waals surface area (Å²) in [6.45, 7) is 0. The second-order valence-corrected chi connectivity index (χ2v) is 6.51. The molecule has 1 unspecified atom stereocenters. The van der Waals surface area contributed by atoms with Crippen LogP contribution in [-0.2, 0) is 11.2 Å². The molecule has 0 aliphatic heterocycles. The number of aryl methyl sites for hydroxylation is 1. The van der Waals surface area contributed by atoms with Crippen molar-refractivity contribution < 1.29 is 9.53 Å². The van der Waals surface area contributed by atoms with Gasteiger partial charge in [0.2, 0.25) is 0 Å². The summed E-state index contributed by atoms with van der Waals surface area (Å²) >= 11 is 7.87. The summed E-state index contributed by atoms with van der Waals surface area (Å²) in [6.07, 6.45) is 3.35. The summed E-state index contributed by atoms with van der Waals surface area (Å²) in [4.78, 5) is 13.3. The van der Waals surface area contributed by atoms with Crippen molar-refractivity contribution in [2.24, 2.45) is 0 Å². The van der Waals surface area contributed by atoms with Crippen LogP contribution in [0.15, 0.2) is 29.6 Å². The van der Waals surface area contributed by atoms with Crippen LogP contribution in [0.3, 0.4) is 0 Å². The number of fused-ring (bicyclic) bond motifs is 1. The Morgan fingerprint density at radius 2 is 2.29 bits per heavy atom. The molecule has 0 saturated heterocycles. The Kier molecular flexibility index (Phi) is 4.17. The zero-order valence-electron chi connectivity index (χ0n) is 11.7. The molecule has 0 amide bonds. The molecule has 0 saturated carbocycles. The third-order valence-corrected chi connectivity index (χ3v) is 5.00. The lowest BCUT2D eigenvalue weighted by Gasteiger charge is -2.25. The number of carbonyl (C=O) groups excluding carboxylic acids is 1. The van der Waals surface area contributed by atoms with Gasteiger partial charge in [0.15, 0.2) is 0 Å². The Hall–Kier alpha value is -1.52. The lowest BCUT2D eigenvalue weighted by atomic mass is 9.93. The first kappa shape index (κ1) is 14.4. The van der Waals surface area contributed by atoms with Crippen LogP contribution in [0.4, 0.5) is 5.69 Å². The van der Waals surface area contributed by atoms with Crippen molar-refractivity contribution >= 4 is 34.6 Å². The molecule has 3 nitrogen and oxygen atoms in total. The number of ether oxygens (including phenoxy) is 1. The molecule has 5 heteroatoms. The molecular weight excluding hydrogens is 306 g/mol. The average molecular weight is 322 g/mol. The van der Waals surface area contributed by atoms with Crippen LogP contribution in [0.5, 0.6) is 0 Å².